The number of benzene rings is 1. The van der Waals surface area contributed by atoms with Gasteiger partial charge in [0.2, 0.25) is 0 Å². The molecule has 0 saturated carbocycles. The molecule has 1 aromatic carbocycles. The average Bonchev–Trinajstić information content (AvgIpc) is 2.27. The average molecular weight is 249 g/mol. The fourth-order valence-electron chi connectivity index (χ4n) is 1.92. The lowest BCUT2D eigenvalue weighted by molar-refractivity contribution is 0.577. The molecule has 5 heteroatoms. The van der Waals surface area contributed by atoms with E-state index in [1.54, 1.807) is 12.3 Å². The van der Waals surface area contributed by atoms with Crippen LogP contribution in [0.2, 0.25) is 0 Å². The highest BCUT2D eigenvalue weighted by Crippen LogP contribution is 2.27. The van der Waals surface area contributed by atoms with Gasteiger partial charge in [-0.2, -0.15) is 0 Å². The van der Waals surface area contributed by atoms with Crippen LogP contribution in [-0.4, -0.2) is 4.98 Å². The molecule has 0 spiro atoms. The SMILES string of the molecule is Cc1ccnc(N)c1C(N)c1cc(F)cc(F)c1. The molecule has 0 aliphatic heterocycles. The van der Waals surface area contributed by atoms with Crippen molar-refractivity contribution in [2.45, 2.75) is 13.0 Å². The minimum absolute atomic E-state index is 0.271. The Bertz CT molecular complexity index is 544. The number of nitrogens with zero attached hydrogens (tertiary/aromatic N) is 1. The second-order valence-electron chi connectivity index (χ2n) is 4.11. The van der Waals surface area contributed by atoms with E-state index in [1.807, 2.05) is 6.92 Å². The van der Waals surface area contributed by atoms with Crippen molar-refractivity contribution in [3.8, 4) is 0 Å². The van der Waals surface area contributed by atoms with Crippen molar-refractivity contribution >= 4 is 5.82 Å². The Morgan fingerprint density at radius 1 is 1.17 bits per heavy atom. The Balaban J connectivity index is 2.51. The summed E-state index contributed by atoms with van der Waals surface area (Å²) < 4.78 is 26.3. The van der Waals surface area contributed by atoms with E-state index < -0.39 is 17.7 Å². The maximum Gasteiger partial charge on any atom is 0.128 e. The molecule has 0 aliphatic rings. The van der Waals surface area contributed by atoms with Crippen molar-refractivity contribution < 1.29 is 8.78 Å². The number of pyridine rings is 1. The third-order valence-electron chi connectivity index (χ3n) is 2.79. The highest BCUT2D eigenvalue weighted by atomic mass is 19.1. The number of hydrogen-bond acceptors (Lipinski definition) is 3. The molecule has 18 heavy (non-hydrogen) atoms. The molecule has 0 fully saturated rings. The monoisotopic (exact) mass is 249 g/mol. The van der Waals surface area contributed by atoms with Crippen molar-refractivity contribution in [2.75, 3.05) is 5.73 Å². The fraction of sp³-hybridized carbons (Fsp3) is 0.154. The van der Waals surface area contributed by atoms with E-state index in [0.29, 0.717) is 11.1 Å². The van der Waals surface area contributed by atoms with Crippen LogP contribution in [-0.2, 0) is 0 Å². The Labute approximate surface area is 103 Å². The first-order valence-corrected chi connectivity index (χ1v) is 5.41. The summed E-state index contributed by atoms with van der Waals surface area (Å²) in [6, 6.07) is 4.24. The molecule has 0 radical (unpaired) electrons. The molecular formula is C13H13F2N3. The normalized spacial score (nSPS) is 12.4. The van der Waals surface area contributed by atoms with Gasteiger partial charge in [0.05, 0.1) is 6.04 Å². The van der Waals surface area contributed by atoms with Gasteiger partial charge in [-0.1, -0.05) is 0 Å². The minimum atomic E-state index is -0.705. The van der Waals surface area contributed by atoms with Gasteiger partial charge in [0.25, 0.3) is 0 Å². The smallest absolute Gasteiger partial charge is 0.128 e. The Hall–Kier alpha value is -2.01. The van der Waals surface area contributed by atoms with Gasteiger partial charge < -0.3 is 11.5 Å². The van der Waals surface area contributed by atoms with Gasteiger partial charge in [-0.05, 0) is 36.2 Å². The Kier molecular flexibility index (Phi) is 3.25. The maximum atomic E-state index is 13.2. The van der Waals surface area contributed by atoms with Crippen LogP contribution < -0.4 is 11.5 Å². The van der Waals surface area contributed by atoms with E-state index in [9.17, 15) is 8.78 Å². The largest absolute Gasteiger partial charge is 0.383 e. The lowest BCUT2D eigenvalue weighted by atomic mass is 9.96. The predicted octanol–water partition coefficient (Wildman–Crippen LogP) is 2.30. The van der Waals surface area contributed by atoms with Crippen molar-refractivity contribution in [3.05, 3.63) is 58.8 Å². The number of anilines is 1. The molecule has 0 bridgehead atoms. The third kappa shape index (κ3) is 2.31. The highest BCUT2D eigenvalue weighted by Gasteiger charge is 2.16. The molecule has 1 unspecified atom stereocenters. The standard InChI is InChI=1S/C13H13F2N3/c1-7-2-3-18-13(17)11(7)12(16)8-4-9(14)6-10(15)5-8/h2-6,12H,16H2,1H3,(H2,17,18). The second-order valence-corrected chi connectivity index (χ2v) is 4.11. The highest BCUT2D eigenvalue weighted by molar-refractivity contribution is 5.49. The minimum Gasteiger partial charge on any atom is -0.383 e. The van der Waals surface area contributed by atoms with Crippen LogP contribution in [0.15, 0.2) is 30.5 Å². The third-order valence-corrected chi connectivity index (χ3v) is 2.79. The molecule has 4 N–H and O–H groups in total. The summed E-state index contributed by atoms with van der Waals surface area (Å²) in [6.45, 7) is 1.82. The van der Waals surface area contributed by atoms with Gasteiger partial charge in [0.1, 0.15) is 17.5 Å². The molecule has 2 aromatic rings. The zero-order valence-electron chi connectivity index (χ0n) is 9.82. The number of rotatable bonds is 2. The van der Waals surface area contributed by atoms with E-state index in [4.69, 9.17) is 11.5 Å². The Morgan fingerprint density at radius 3 is 2.33 bits per heavy atom. The van der Waals surface area contributed by atoms with E-state index in [2.05, 4.69) is 4.98 Å². The van der Waals surface area contributed by atoms with Crippen LogP contribution in [0.25, 0.3) is 0 Å². The van der Waals surface area contributed by atoms with E-state index in [1.165, 1.54) is 12.1 Å². The number of hydrogen-bond donors (Lipinski definition) is 2. The molecule has 1 aromatic heterocycles. The summed E-state index contributed by atoms with van der Waals surface area (Å²) in [7, 11) is 0. The fourth-order valence-corrected chi connectivity index (χ4v) is 1.92. The van der Waals surface area contributed by atoms with Crippen LogP contribution in [0, 0.1) is 18.6 Å². The van der Waals surface area contributed by atoms with Gasteiger partial charge in [0, 0.05) is 17.8 Å². The zero-order chi connectivity index (χ0) is 13.3. The predicted molar refractivity (Wildman–Crippen MR) is 65.8 cm³/mol. The summed E-state index contributed by atoms with van der Waals surface area (Å²) in [6.07, 6.45) is 1.56. The van der Waals surface area contributed by atoms with E-state index in [-0.39, 0.29) is 5.82 Å². The molecule has 2 rings (SSSR count). The second kappa shape index (κ2) is 4.70. The van der Waals surface area contributed by atoms with Crippen molar-refractivity contribution in [1.82, 2.24) is 4.98 Å². The van der Waals surface area contributed by atoms with Crippen LogP contribution in [0.1, 0.15) is 22.7 Å². The van der Waals surface area contributed by atoms with Crippen LogP contribution in [0.5, 0.6) is 0 Å². The van der Waals surface area contributed by atoms with Crippen molar-refractivity contribution in [1.29, 1.82) is 0 Å². The first-order chi connectivity index (χ1) is 8.49. The zero-order valence-corrected chi connectivity index (χ0v) is 9.82. The molecular weight excluding hydrogens is 236 g/mol. The van der Waals surface area contributed by atoms with Gasteiger partial charge in [-0.15, -0.1) is 0 Å². The van der Waals surface area contributed by atoms with E-state index >= 15 is 0 Å². The molecule has 0 saturated heterocycles. The Morgan fingerprint density at radius 2 is 1.78 bits per heavy atom. The topological polar surface area (TPSA) is 64.9 Å². The lowest BCUT2D eigenvalue weighted by Gasteiger charge is -2.16. The number of aryl methyl sites for hydroxylation is 1. The van der Waals surface area contributed by atoms with Gasteiger partial charge in [0.15, 0.2) is 0 Å². The molecule has 0 aliphatic carbocycles. The van der Waals surface area contributed by atoms with Gasteiger partial charge in [-0.3, -0.25) is 0 Å². The maximum absolute atomic E-state index is 13.2. The first-order valence-electron chi connectivity index (χ1n) is 5.41. The summed E-state index contributed by atoms with van der Waals surface area (Å²) in [4.78, 5) is 3.94. The first kappa shape index (κ1) is 12.4. The number of nitrogen functional groups attached to an aromatic ring is 1. The molecule has 1 heterocycles. The number of halogens is 2. The lowest BCUT2D eigenvalue weighted by Crippen LogP contribution is -2.16. The summed E-state index contributed by atoms with van der Waals surface area (Å²) in [5.41, 5.74) is 13.5. The molecule has 1 atom stereocenters. The van der Waals surface area contributed by atoms with Crippen LogP contribution >= 0.6 is 0 Å². The molecule has 0 amide bonds. The number of nitrogens with two attached hydrogens (primary N) is 2. The molecule has 94 valence electrons. The van der Waals surface area contributed by atoms with Crippen molar-refractivity contribution in [2.24, 2.45) is 5.73 Å². The van der Waals surface area contributed by atoms with Crippen molar-refractivity contribution in [3.63, 3.8) is 0 Å². The summed E-state index contributed by atoms with van der Waals surface area (Å²) in [5.74, 6) is -1.06. The van der Waals surface area contributed by atoms with Gasteiger partial charge >= 0.3 is 0 Å². The van der Waals surface area contributed by atoms with Crippen LogP contribution in [0.3, 0.4) is 0 Å². The van der Waals surface area contributed by atoms with E-state index in [0.717, 1.165) is 11.6 Å². The number of aromatic nitrogens is 1. The summed E-state index contributed by atoms with van der Waals surface area (Å²) >= 11 is 0. The van der Waals surface area contributed by atoms with Gasteiger partial charge in [-0.25, -0.2) is 13.8 Å². The molecule has 3 nitrogen and oxygen atoms in total. The van der Waals surface area contributed by atoms with Crippen LogP contribution in [0.4, 0.5) is 14.6 Å². The quantitative estimate of drug-likeness (QED) is 0.858. The summed E-state index contributed by atoms with van der Waals surface area (Å²) in [5, 5.41) is 0.